The van der Waals surface area contributed by atoms with Crippen LogP contribution in [0.4, 0.5) is 4.39 Å². The molecular formula is C8H13FN2. The Morgan fingerprint density at radius 1 is 1.73 bits per heavy atom. The van der Waals surface area contributed by atoms with E-state index in [1.54, 1.807) is 6.34 Å². The normalized spacial score (nSPS) is 23.7. The van der Waals surface area contributed by atoms with Crippen molar-refractivity contribution in [1.29, 1.82) is 0 Å². The minimum Gasteiger partial charge on any atom is -0.354 e. The molecule has 0 saturated heterocycles. The Morgan fingerprint density at radius 2 is 2.45 bits per heavy atom. The maximum atomic E-state index is 11.9. The van der Waals surface area contributed by atoms with Crippen LogP contribution < -0.4 is 0 Å². The Kier molecular flexibility index (Phi) is 2.63. The molecule has 1 aliphatic rings. The van der Waals surface area contributed by atoms with Crippen LogP contribution in [0, 0.1) is 0 Å². The summed E-state index contributed by atoms with van der Waals surface area (Å²) in [4.78, 5) is 5.96. The second kappa shape index (κ2) is 3.51. The lowest BCUT2D eigenvalue weighted by molar-refractivity contribution is 0.331. The van der Waals surface area contributed by atoms with Gasteiger partial charge in [-0.25, -0.2) is 9.38 Å². The third-order valence-electron chi connectivity index (χ3n) is 1.76. The van der Waals surface area contributed by atoms with Gasteiger partial charge in [0.1, 0.15) is 6.67 Å². The fraction of sp³-hybridized carbons (Fsp3) is 0.625. The van der Waals surface area contributed by atoms with Crippen molar-refractivity contribution < 1.29 is 4.39 Å². The van der Waals surface area contributed by atoms with Crippen LogP contribution in [0.5, 0.6) is 0 Å². The summed E-state index contributed by atoms with van der Waals surface area (Å²) in [5.74, 6) is 0. The van der Waals surface area contributed by atoms with Gasteiger partial charge in [-0.15, -0.1) is 0 Å². The van der Waals surface area contributed by atoms with Gasteiger partial charge in [-0.05, 0) is 19.9 Å². The Labute approximate surface area is 66.4 Å². The van der Waals surface area contributed by atoms with Crippen LogP contribution in [0.25, 0.3) is 0 Å². The highest BCUT2D eigenvalue weighted by Gasteiger charge is 2.10. The lowest BCUT2D eigenvalue weighted by Crippen LogP contribution is -2.34. The van der Waals surface area contributed by atoms with Crippen molar-refractivity contribution in [1.82, 2.24) is 4.90 Å². The fourth-order valence-corrected chi connectivity index (χ4v) is 1.12. The third kappa shape index (κ3) is 2.03. The van der Waals surface area contributed by atoms with E-state index >= 15 is 0 Å². The van der Waals surface area contributed by atoms with Crippen molar-refractivity contribution in [3.8, 4) is 0 Å². The average Bonchev–Trinajstić information content (AvgIpc) is 1.95. The van der Waals surface area contributed by atoms with Gasteiger partial charge in [0.15, 0.2) is 0 Å². The van der Waals surface area contributed by atoms with Crippen molar-refractivity contribution >= 4 is 6.34 Å². The fourth-order valence-electron chi connectivity index (χ4n) is 1.12. The number of hydrogen-bond donors (Lipinski definition) is 0. The summed E-state index contributed by atoms with van der Waals surface area (Å²) in [5.41, 5.74) is 1.01. The molecule has 0 aliphatic carbocycles. The Bertz CT molecular complexity index is 187. The summed E-state index contributed by atoms with van der Waals surface area (Å²) in [5, 5.41) is 0. The molecule has 0 aromatic carbocycles. The summed E-state index contributed by atoms with van der Waals surface area (Å²) in [6.45, 7) is 4.10. The van der Waals surface area contributed by atoms with Crippen molar-refractivity contribution in [2.75, 3.05) is 13.2 Å². The number of nitrogens with zero attached hydrogens (tertiary/aromatic N) is 2. The minimum atomic E-state index is -0.316. The molecule has 0 radical (unpaired) electrons. The first kappa shape index (κ1) is 8.24. The van der Waals surface area contributed by atoms with Gasteiger partial charge in [0.05, 0.1) is 6.34 Å². The molecular weight excluding hydrogens is 143 g/mol. The highest BCUT2D eigenvalue weighted by Crippen LogP contribution is 2.08. The van der Waals surface area contributed by atoms with Gasteiger partial charge in [-0.3, -0.25) is 0 Å². The monoisotopic (exact) mass is 156 g/mol. The lowest BCUT2D eigenvalue weighted by Gasteiger charge is -2.26. The minimum absolute atomic E-state index is 0.281. The molecule has 0 amide bonds. The first-order valence-corrected chi connectivity index (χ1v) is 3.78. The number of rotatable bonds is 2. The molecule has 0 saturated carbocycles. The van der Waals surface area contributed by atoms with Gasteiger partial charge in [0.2, 0.25) is 0 Å². The van der Waals surface area contributed by atoms with Crippen molar-refractivity contribution in [3.63, 3.8) is 0 Å². The van der Waals surface area contributed by atoms with E-state index in [1.165, 1.54) is 0 Å². The highest BCUT2D eigenvalue weighted by molar-refractivity contribution is 5.59. The van der Waals surface area contributed by atoms with E-state index in [-0.39, 0.29) is 12.7 Å². The van der Waals surface area contributed by atoms with E-state index in [1.807, 2.05) is 24.8 Å². The molecule has 11 heavy (non-hydrogen) atoms. The first-order valence-electron chi connectivity index (χ1n) is 3.78. The van der Waals surface area contributed by atoms with Crippen LogP contribution in [-0.2, 0) is 0 Å². The molecule has 0 aromatic rings. The molecule has 0 bridgehead atoms. The largest absolute Gasteiger partial charge is 0.354 e. The zero-order valence-corrected chi connectivity index (χ0v) is 6.92. The quantitative estimate of drug-likeness (QED) is 0.592. The topological polar surface area (TPSA) is 15.6 Å². The molecule has 1 aliphatic heterocycles. The zero-order chi connectivity index (χ0) is 8.27. The second-order valence-electron chi connectivity index (χ2n) is 2.72. The van der Waals surface area contributed by atoms with Crippen molar-refractivity contribution in [2.45, 2.75) is 19.9 Å². The highest BCUT2D eigenvalue weighted by atomic mass is 19.1. The van der Waals surface area contributed by atoms with Crippen LogP contribution in [0.3, 0.4) is 0 Å². The third-order valence-corrected chi connectivity index (χ3v) is 1.76. The molecule has 1 rings (SSSR count). The van der Waals surface area contributed by atoms with Gasteiger partial charge in [0.25, 0.3) is 0 Å². The molecule has 0 aromatic heterocycles. The second-order valence-corrected chi connectivity index (χ2v) is 2.72. The summed E-state index contributed by atoms with van der Waals surface area (Å²) in [6.07, 6.45) is 3.73. The van der Waals surface area contributed by atoms with Gasteiger partial charge < -0.3 is 4.90 Å². The van der Waals surface area contributed by atoms with Gasteiger partial charge in [0, 0.05) is 18.3 Å². The molecule has 2 nitrogen and oxygen atoms in total. The molecule has 1 heterocycles. The molecule has 1 unspecified atom stereocenters. The van der Waals surface area contributed by atoms with Crippen LogP contribution in [0.15, 0.2) is 16.8 Å². The van der Waals surface area contributed by atoms with Crippen LogP contribution in [0.2, 0.25) is 0 Å². The standard InChI is InChI=1S/C8H13FN2/c1-7-5-8(2)11(4-3-9)6-10-7/h5-6,8H,3-4H2,1-2H3. The predicted octanol–water partition coefficient (Wildman–Crippen LogP) is 1.59. The maximum absolute atomic E-state index is 11.9. The number of halogens is 1. The number of allylic oxidation sites excluding steroid dienone is 1. The average molecular weight is 156 g/mol. The molecule has 0 fully saturated rings. The van der Waals surface area contributed by atoms with Crippen LogP contribution in [-0.4, -0.2) is 30.5 Å². The smallest absolute Gasteiger partial charge is 0.107 e. The van der Waals surface area contributed by atoms with Crippen molar-refractivity contribution in [2.24, 2.45) is 4.99 Å². The summed E-state index contributed by atoms with van der Waals surface area (Å²) < 4.78 is 11.9. The van der Waals surface area contributed by atoms with E-state index in [0.29, 0.717) is 6.54 Å². The zero-order valence-electron chi connectivity index (χ0n) is 6.92. The van der Waals surface area contributed by atoms with Gasteiger partial charge in [-0.2, -0.15) is 0 Å². The summed E-state index contributed by atoms with van der Waals surface area (Å²) >= 11 is 0. The number of alkyl halides is 1. The summed E-state index contributed by atoms with van der Waals surface area (Å²) in [6, 6.07) is 0.281. The molecule has 1 atom stereocenters. The Balaban J connectivity index is 2.54. The van der Waals surface area contributed by atoms with Gasteiger partial charge in [-0.1, -0.05) is 0 Å². The van der Waals surface area contributed by atoms with Crippen molar-refractivity contribution in [3.05, 3.63) is 11.8 Å². The van der Waals surface area contributed by atoms with Crippen LogP contribution >= 0.6 is 0 Å². The van der Waals surface area contributed by atoms with Gasteiger partial charge >= 0.3 is 0 Å². The molecule has 0 spiro atoms. The van der Waals surface area contributed by atoms with E-state index < -0.39 is 0 Å². The van der Waals surface area contributed by atoms with E-state index in [9.17, 15) is 4.39 Å². The van der Waals surface area contributed by atoms with Crippen LogP contribution in [0.1, 0.15) is 13.8 Å². The predicted molar refractivity (Wildman–Crippen MR) is 44.4 cm³/mol. The lowest BCUT2D eigenvalue weighted by atomic mass is 10.2. The first-order chi connectivity index (χ1) is 5.24. The van der Waals surface area contributed by atoms with E-state index in [0.717, 1.165) is 5.70 Å². The maximum Gasteiger partial charge on any atom is 0.107 e. The van der Waals surface area contributed by atoms with E-state index in [4.69, 9.17) is 0 Å². The number of aliphatic imine (C=N–C) groups is 1. The Hall–Kier alpha value is -0.860. The SMILES string of the molecule is CC1=CC(C)N(CCF)C=N1. The molecule has 3 heteroatoms. The van der Waals surface area contributed by atoms with E-state index in [2.05, 4.69) is 4.99 Å². The number of hydrogen-bond acceptors (Lipinski definition) is 2. The Morgan fingerprint density at radius 3 is 3.00 bits per heavy atom. The summed E-state index contributed by atoms with van der Waals surface area (Å²) in [7, 11) is 0. The molecule has 62 valence electrons. The molecule has 0 N–H and O–H groups in total.